The summed E-state index contributed by atoms with van der Waals surface area (Å²) in [7, 11) is 0. The third-order valence-corrected chi connectivity index (χ3v) is 6.21. The van der Waals surface area contributed by atoms with Crippen LogP contribution < -0.4 is 15.5 Å². The van der Waals surface area contributed by atoms with Crippen molar-refractivity contribution in [3.05, 3.63) is 24.5 Å². The van der Waals surface area contributed by atoms with Gasteiger partial charge in [-0.2, -0.15) is 4.98 Å². The Kier molecular flexibility index (Phi) is 7.29. The Morgan fingerprint density at radius 1 is 1.27 bits per heavy atom. The van der Waals surface area contributed by atoms with E-state index in [4.69, 9.17) is 21.9 Å². The number of piperidine rings is 1. The van der Waals surface area contributed by atoms with Crippen molar-refractivity contribution in [3.63, 3.8) is 0 Å². The van der Waals surface area contributed by atoms with E-state index in [0.717, 1.165) is 43.4 Å². The molecule has 0 aliphatic carbocycles. The van der Waals surface area contributed by atoms with Gasteiger partial charge < -0.3 is 20.3 Å². The average molecular weight is 446 g/mol. The number of hydrogen-bond acceptors (Lipinski definition) is 8. The molecule has 160 valence electrons. The summed E-state index contributed by atoms with van der Waals surface area (Å²) in [4.78, 5) is 20.3. The SMILES string of the molecule is CC1CCCN(c2cc(Sc3ncccn3)nc(NC(=S)NCC3CCCO3)n2)C1. The van der Waals surface area contributed by atoms with Crippen molar-refractivity contribution in [2.45, 2.75) is 48.9 Å². The third kappa shape index (κ3) is 5.99. The first kappa shape index (κ1) is 21.2. The highest BCUT2D eigenvalue weighted by Gasteiger charge is 2.20. The van der Waals surface area contributed by atoms with Gasteiger partial charge in [0.1, 0.15) is 10.8 Å². The molecule has 10 heteroatoms. The zero-order chi connectivity index (χ0) is 20.8. The van der Waals surface area contributed by atoms with Gasteiger partial charge in [0.15, 0.2) is 10.3 Å². The zero-order valence-corrected chi connectivity index (χ0v) is 18.7. The normalized spacial score (nSPS) is 21.4. The van der Waals surface area contributed by atoms with Gasteiger partial charge in [0, 0.05) is 44.7 Å². The van der Waals surface area contributed by atoms with Crippen LogP contribution in [0.25, 0.3) is 0 Å². The monoisotopic (exact) mass is 445 g/mol. The topological polar surface area (TPSA) is 88.1 Å². The van der Waals surface area contributed by atoms with Crippen molar-refractivity contribution in [1.82, 2.24) is 25.3 Å². The van der Waals surface area contributed by atoms with Crippen LogP contribution in [0.2, 0.25) is 0 Å². The maximum absolute atomic E-state index is 5.64. The summed E-state index contributed by atoms with van der Waals surface area (Å²) in [6, 6.07) is 3.81. The van der Waals surface area contributed by atoms with E-state index in [2.05, 4.69) is 37.4 Å². The van der Waals surface area contributed by atoms with Crippen molar-refractivity contribution in [1.29, 1.82) is 0 Å². The van der Waals surface area contributed by atoms with E-state index in [9.17, 15) is 0 Å². The molecule has 2 fully saturated rings. The molecule has 2 atom stereocenters. The molecular weight excluding hydrogens is 418 g/mol. The molecule has 0 bridgehead atoms. The lowest BCUT2D eigenvalue weighted by Crippen LogP contribution is -2.36. The second-order valence-corrected chi connectivity index (χ2v) is 9.08. The Labute approximate surface area is 186 Å². The van der Waals surface area contributed by atoms with Crippen molar-refractivity contribution >= 4 is 40.9 Å². The van der Waals surface area contributed by atoms with Crippen LogP contribution in [0.15, 0.2) is 34.7 Å². The minimum Gasteiger partial charge on any atom is -0.376 e. The smallest absolute Gasteiger partial charge is 0.232 e. The van der Waals surface area contributed by atoms with Crippen LogP contribution in [0.1, 0.15) is 32.6 Å². The third-order valence-electron chi connectivity index (χ3n) is 5.15. The molecule has 0 radical (unpaired) electrons. The predicted octanol–water partition coefficient (Wildman–Crippen LogP) is 3.12. The standard InChI is InChI=1S/C20H27N7OS2/c1-14-5-2-9-27(13-14)16-11-17(30-20-21-7-4-8-22-20)25-18(24-16)26-19(29)23-12-15-6-3-10-28-15/h4,7-8,11,14-15H,2-3,5-6,9-10,12-13H2,1H3,(H2,23,24,25,26,29). The summed E-state index contributed by atoms with van der Waals surface area (Å²) in [5, 5.41) is 8.30. The number of hydrogen-bond donors (Lipinski definition) is 2. The molecule has 2 aromatic rings. The van der Waals surface area contributed by atoms with Crippen molar-refractivity contribution in [2.24, 2.45) is 5.92 Å². The van der Waals surface area contributed by atoms with Crippen molar-refractivity contribution < 1.29 is 4.74 Å². The number of ether oxygens (including phenoxy) is 1. The molecule has 0 aromatic carbocycles. The average Bonchev–Trinajstić information content (AvgIpc) is 3.27. The maximum atomic E-state index is 5.64. The lowest BCUT2D eigenvalue weighted by atomic mass is 10.0. The Bertz CT molecular complexity index is 848. The largest absolute Gasteiger partial charge is 0.376 e. The highest BCUT2D eigenvalue weighted by molar-refractivity contribution is 7.99. The quantitative estimate of drug-likeness (QED) is 0.393. The van der Waals surface area contributed by atoms with E-state index in [-0.39, 0.29) is 6.10 Å². The van der Waals surface area contributed by atoms with Gasteiger partial charge in [0.2, 0.25) is 5.95 Å². The number of nitrogens with one attached hydrogen (secondary N) is 2. The Hall–Kier alpha value is -2.04. The van der Waals surface area contributed by atoms with Gasteiger partial charge in [-0.3, -0.25) is 0 Å². The molecule has 0 spiro atoms. The lowest BCUT2D eigenvalue weighted by molar-refractivity contribution is 0.114. The van der Waals surface area contributed by atoms with Crippen LogP contribution in [-0.4, -0.2) is 57.4 Å². The maximum Gasteiger partial charge on any atom is 0.232 e. The van der Waals surface area contributed by atoms with E-state index in [1.165, 1.54) is 24.6 Å². The van der Waals surface area contributed by atoms with E-state index >= 15 is 0 Å². The summed E-state index contributed by atoms with van der Waals surface area (Å²) in [6.45, 7) is 5.78. The summed E-state index contributed by atoms with van der Waals surface area (Å²) in [5.74, 6) is 2.03. The minimum atomic E-state index is 0.216. The lowest BCUT2D eigenvalue weighted by Gasteiger charge is -2.32. The van der Waals surface area contributed by atoms with E-state index in [0.29, 0.717) is 28.7 Å². The van der Waals surface area contributed by atoms with Gasteiger partial charge in [-0.15, -0.1) is 0 Å². The molecule has 2 aliphatic rings. The number of aromatic nitrogens is 4. The fourth-order valence-corrected chi connectivity index (χ4v) is 4.56. The first-order valence-corrected chi connectivity index (χ1v) is 11.6. The summed E-state index contributed by atoms with van der Waals surface area (Å²) in [5.41, 5.74) is 0. The molecule has 0 saturated carbocycles. The number of anilines is 2. The first-order chi connectivity index (χ1) is 14.7. The Balaban J connectivity index is 1.49. The fraction of sp³-hybridized carbons (Fsp3) is 0.550. The van der Waals surface area contributed by atoms with E-state index < -0.39 is 0 Å². The molecule has 30 heavy (non-hydrogen) atoms. The predicted molar refractivity (Wildman–Crippen MR) is 122 cm³/mol. The minimum absolute atomic E-state index is 0.216. The molecule has 2 saturated heterocycles. The molecule has 2 unspecified atom stereocenters. The van der Waals surface area contributed by atoms with E-state index in [1.807, 2.05) is 6.07 Å². The van der Waals surface area contributed by atoms with Gasteiger partial charge in [0.05, 0.1) is 6.10 Å². The molecule has 8 nitrogen and oxygen atoms in total. The van der Waals surface area contributed by atoms with Crippen LogP contribution in [0.4, 0.5) is 11.8 Å². The van der Waals surface area contributed by atoms with Gasteiger partial charge in [-0.25, -0.2) is 15.0 Å². The summed E-state index contributed by atoms with van der Waals surface area (Å²) in [6.07, 6.45) is 8.26. The van der Waals surface area contributed by atoms with Crippen LogP contribution in [0.3, 0.4) is 0 Å². The molecule has 4 heterocycles. The van der Waals surface area contributed by atoms with Crippen LogP contribution in [-0.2, 0) is 4.74 Å². The van der Waals surface area contributed by atoms with Crippen LogP contribution in [0, 0.1) is 5.92 Å². The molecule has 0 amide bonds. The summed E-state index contributed by atoms with van der Waals surface area (Å²) >= 11 is 6.88. The molecule has 2 aromatic heterocycles. The van der Waals surface area contributed by atoms with Gasteiger partial charge in [0.25, 0.3) is 0 Å². The number of rotatable bonds is 6. The van der Waals surface area contributed by atoms with Crippen LogP contribution >= 0.6 is 24.0 Å². The van der Waals surface area contributed by atoms with Gasteiger partial charge >= 0.3 is 0 Å². The Morgan fingerprint density at radius 3 is 2.90 bits per heavy atom. The molecule has 2 aliphatic heterocycles. The highest BCUT2D eigenvalue weighted by Crippen LogP contribution is 2.29. The highest BCUT2D eigenvalue weighted by atomic mass is 32.2. The number of thiocarbonyl (C=S) groups is 1. The first-order valence-electron chi connectivity index (χ1n) is 10.4. The second kappa shape index (κ2) is 10.3. The second-order valence-electron chi connectivity index (χ2n) is 7.68. The van der Waals surface area contributed by atoms with Crippen molar-refractivity contribution in [3.8, 4) is 0 Å². The van der Waals surface area contributed by atoms with Gasteiger partial charge in [-0.1, -0.05) is 6.92 Å². The van der Waals surface area contributed by atoms with Crippen molar-refractivity contribution in [2.75, 3.05) is 36.5 Å². The molecule has 2 N–H and O–H groups in total. The van der Waals surface area contributed by atoms with E-state index in [1.54, 1.807) is 18.5 Å². The van der Waals surface area contributed by atoms with Gasteiger partial charge in [-0.05, 0) is 61.6 Å². The fourth-order valence-electron chi connectivity index (χ4n) is 3.67. The summed E-state index contributed by atoms with van der Waals surface area (Å²) < 4.78 is 5.64. The Morgan fingerprint density at radius 2 is 2.13 bits per heavy atom. The molecular formula is C20H27N7OS2. The zero-order valence-electron chi connectivity index (χ0n) is 17.1. The van der Waals surface area contributed by atoms with Crippen LogP contribution in [0.5, 0.6) is 0 Å². The number of nitrogens with zero attached hydrogens (tertiary/aromatic N) is 5. The molecule has 4 rings (SSSR count).